The minimum atomic E-state index is -2.27. The predicted octanol–water partition coefficient (Wildman–Crippen LogP) is 2.16. The van der Waals surface area contributed by atoms with Gasteiger partial charge in [0.2, 0.25) is 11.8 Å². The highest BCUT2D eigenvalue weighted by atomic mass is 16.5. The number of aliphatic carboxylic acids is 2. The number of carboxylic acids is 2. The lowest BCUT2D eigenvalue weighted by molar-refractivity contribution is -0.165. The van der Waals surface area contributed by atoms with Crippen LogP contribution >= 0.6 is 0 Å². The Hall–Kier alpha value is -4.40. The molecule has 244 valence electrons. The smallest absolute Gasteiger partial charge is 0.335 e. The van der Waals surface area contributed by atoms with Gasteiger partial charge in [-0.3, -0.25) is 9.59 Å². The number of hydrogen-bond donors (Lipinski definition) is 6. The Morgan fingerprint density at radius 1 is 1.07 bits per heavy atom. The van der Waals surface area contributed by atoms with Gasteiger partial charge >= 0.3 is 11.9 Å². The fraction of sp³-hybridized carbons (Fsp3) is 0.484. The van der Waals surface area contributed by atoms with Gasteiger partial charge in [-0.15, -0.1) is 0 Å². The first-order valence-corrected chi connectivity index (χ1v) is 14.8. The molecule has 2 unspecified atom stereocenters. The number of H-pyrrole nitrogens is 1. The average molecular weight is 628 g/mol. The highest BCUT2D eigenvalue weighted by Crippen LogP contribution is 2.32. The number of aromatic amines is 1. The van der Waals surface area contributed by atoms with E-state index in [1.165, 1.54) is 0 Å². The molecule has 1 fully saturated rings. The highest BCUT2D eigenvalue weighted by Gasteiger charge is 2.32. The molecule has 1 aliphatic rings. The van der Waals surface area contributed by atoms with Crippen LogP contribution in [0.3, 0.4) is 0 Å². The van der Waals surface area contributed by atoms with Crippen molar-refractivity contribution in [1.82, 2.24) is 25.2 Å². The fourth-order valence-electron chi connectivity index (χ4n) is 4.82. The summed E-state index contributed by atoms with van der Waals surface area (Å²) in [5, 5.41) is 36.8. The van der Waals surface area contributed by atoms with Crippen LogP contribution < -0.4 is 10.1 Å². The lowest BCUT2D eigenvalue weighted by atomic mass is 9.98. The van der Waals surface area contributed by atoms with Crippen LogP contribution in [-0.4, -0.2) is 103 Å². The molecule has 0 aliphatic carbocycles. The number of amides is 1. The van der Waals surface area contributed by atoms with Gasteiger partial charge in [0.05, 0.1) is 42.0 Å². The summed E-state index contributed by atoms with van der Waals surface area (Å²) in [6.07, 6.45) is 1.95. The lowest BCUT2D eigenvalue weighted by Gasteiger charge is -2.35. The summed E-state index contributed by atoms with van der Waals surface area (Å²) >= 11 is 0. The standard InChI is InChI=1S/C27H35N5O3.C4H6O6/c1-4-20(33)11-6-5-7-13-23(30-26(34)19-16-32(2)17-19)25-28-15-24(29-25)21-14-18-10-8-9-12-22(18)31-27(21)35-3;5-1(3(7)8)2(6)4(9)10/h8-10,12,14-15,19,23H,4-7,11,13,16-17H2,1-3H3,(H,28,29)(H,30,34);1-2,5-6H,(H,7,8)(H,9,10)/t23-;/m0./s1. The van der Waals surface area contributed by atoms with Crippen molar-refractivity contribution in [1.29, 1.82) is 0 Å². The molecule has 3 atom stereocenters. The van der Waals surface area contributed by atoms with Gasteiger partial charge in [0.15, 0.2) is 12.2 Å². The van der Waals surface area contributed by atoms with Crippen molar-refractivity contribution >= 4 is 34.5 Å². The number of hydrogen-bond acceptors (Lipinski definition) is 10. The van der Waals surface area contributed by atoms with Crippen molar-refractivity contribution in [2.75, 3.05) is 27.2 Å². The number of para-hydroxylation sites is 1. The second kappa shape index (κ2) is 16.6. The Morgan fingerprint density at radius 3 is 2.33 bits per heavy atom. The van der Waals surface area contributed by atoms with Crippen LogP contribution in [0.15, 0.2) is 36.5 Å². The molecule has 1 aromatic carbocycles. The second-order valence-corrected chi connectivity index (χ2v) is 11.0. The number of aliphatic hydroxyl groups is 2. The highest BCUT2D eigenvalue weighted by molar-refractivity contribution is 5.85. The summed E-state index contributed by atoms with van der Waals surface area (Å²) in [6, 6.07) is 9.73. The number of Topliss-reactive ketones (excluding diaryl/α,β-unsaturated/α-hetero) is 1. The Balaban J connectivity index is 0.000000477. The lowest BCUT2D eigenvalue weighted by Crippen LogP contribution is -2.52. The zero-order valence-electron chi connectivity index (χ0n) is 25.6. The van der Waals surface area contributed by atoms with Crippen LogP contribution in [0.4, 0.5) is 0 Å². The summed E-state index contributed by atoms with van der Waals surface area (Å²) in [5.74, 6) is -1.90. The number of nitrogens with one attached hydrogen (secondary N) is 2. The first-order chi connectivity index (χ1) is 21.4. The number of rotatable bonds is 15. The van der Waals surface area contributed by atoms with Crippen molar-refractivity contribution in [2.24, 2.45) is 5.92 Å². The van der Waals surface area contributed by atoms with Crippen LogP contribution in [0.2, 0.25) is 0 Å². The van der Waals surface area contributed by atoms with E-state index in [9.17, 15) is 19.2 Å². The molecule has 1 saturated heterocycles. The largest absolute Gasteiger partial charge is 0.480 e. The molecule has 14 nitrogen and oxygen atoms in total. The number of ketones is 1. The van der Waals surface area contributed by atoms with Crippen LogP contribution in [0.25, 0.3) is 22.2 Å². The van der Waals surface area contributed by atoms with E-state index in [4.69, 9.17) is 25.2 Å². The van der Waals surface area contributed by atoms with Crippen molar-refractivity contribution in [3.63, 3.8) is 0 Å². The third-order valence-electron chi connectivity index (χ3n) is 7.50. The van der Waals surface area contributed by atoms with E-state index < -0.39 is 24.1 Å². The normalized spacial score (nSPS) is 15.2. The number of benzene rings is 1. The van der Waals surface area contributed by atoms with Gasteiger partial charge in [0, 0.05) is 31.3 Å². The van der Waals surface area contributed by atoms with E-state index in [0.29, 0.717) is 24.5 Å². The van der Waals surface area contributed by atoms with Crippen LogP contribution in [0.1, 0.15) is 57.3 Å². The minimum absolute atomic E-state index is 0.0175. The summed E-state index contributed by atoms with van der Waals surface area (Å²) < 4.78 is 5.57. The van der Waals surface area contributed by atoms with E-state index in [2.05, 4.69) is 25.2 Å². The zero-order valence-corrected chi connectivity index (χ0v) is 25.6. The number of aromatic nitrogens is 3. The van der Waals surface area contributed by atoms with Crippen LogP contribution in [0, 0.1) is 5.92 Å². The second-order valence-electron chi connectivity index (χ2n) is 11.0. The Morgan fingerprint density at radius 2 is 1.73 bits per heavy atom. The molecule has 4 rings (SSSR count). The number of ether oxygens (including phenoxy) is 1. The number of carboxylic acid groups (broad SMARTS) is 2. The summed E-state index contributed by atoms with van der Waals surface area (Å²) in [7, 11) is 3.63. The third-order valence-corrected chi connectivity index (χ3v) is 7.50. The van der Waals surface area contributed by atoms with E-state index in [1.807, 2.05) is 44.3 Å². The van der Waals surface area contributed by atoms with Gasteiger partial charge in [0.25, 0.3) is 0 Å². The molecule has 0 saturated carbocycles. The number of fused-ring (bicyclic) bond motifs is 1. The Kier molecular flexibility index (Phi) is 12.9. The van der Waals surface area contributed by atoms with Gasteiger partial charge in [-0.05, 0) is 32.0 Å². The first kappa shape index (κ1) is 35.1. The van der Waals surface area contributed by atoms with Crippen molar-refractivity contribution < 1.29 is 44.3 Å². The number of imidazole rings is 1. The number of likely N-dealkylation sites (tertiary alicyclic amines) is 1. The molecule has 6 N–H and O–H groups in total. The molecular formula is C31H41N5O9. The summed E-state index contributed by atoms with van der Waals surface area (Å²) in [4.78, 5) is 58.8. The van der Waals surface area contributed by atoms with Crippen molar-refractivity contribution in [2.45, 2.75) is 63.7 Å². The van der Waals surface area contributed by atoms with E-state index in [0.717, 1.165) is 66.8 Å². The van der Waals surface area contributed by atoms with Gasteiger partial charge < -0.3 is 40.4 Å². The summed E-state index contributed by atoms with van der Waals surface area (Å²) in [6.45, 7) is 3.46. The molecule has 3 heterocycles. The SMILES string of the molecule is CCC(=O)CCCCC[C@H](NC(=O)C1CN(C)C1)c1ncc(-c2cc3ccccc3nc2OC)[nH]1.O=C(O)C(O)C(O)C(=O)O. The monoisotopic (exact) mass is 627 g/mol. The van der Waals surface area contributed by atoms with Gasteiger partial charge in [-0.1, -0.05) is 38.0 Å². The van der Waals surface area contributed by atoms with Gasteiger partial charge in [-0.25, -0.2) is 19.6 Å². The number of unbranched alkanes of at least 4 members (excludes halogenated alkanes) is 2. The van der Waals surface area contributed by atoms with E-state index >= 15 is 0 Å². The number of methoxy groups -OCH3 is 1. The number of aliphatic hydroxyl groups excluding tert-OH is 2. The first-order valence-electron chi connectivity index (χ1n) is 14.8. The predicted molar refractivity (Wildman–Crippen MR) is 163 cm³/mol. The zero-order chi connectivity index (χ0) is 33.1. The minimum Gasteiger partial charge on any atom is -0.480 e. The topological polar surface area (TPSA) is 215 Å². The maximum Gasteiger partial charge on any atom is 0.335 e. The molecule has 0 spiro atoms. The van der Waals surface area contributed by atoms with Crippen molar-refractivity contribution in [3.8, 4) is 17.1 Å². The van der Waals surface area contributed by atoms with E-state index in [1.54, 1.807) is 13.3 Å². The molecule has 1 aliphatic heterocycles. The molecular weight excluding hydrogens is 586 g/mol. The average Bonchev–Trinajstić information content (AvgIpc) is 3.51. The molecule has 0 bridgehead atoms. The number of carbonyl (C=O) groups is 4. The number of carbonyl (C=O) groups excluding carboxylic acids is 2. The fourth-order valence-corrected chi connectivity index (χ4v) is 4.82. The maximum absolute atomic E-state index is 12.8. The van der Waals surface area contributed by atoms with Crippen molar-refractivity contribution in [3.05, 3.63) is 42.4 Å². The van der Waals surface area contributed by atoms with Crippen LogP contribution in [0.5, 0.6) is 5.88 Å². The molecule has 3 aromatic rings. The van der Waals surface area contributed by atoms with Gasteiger partial charge in [-0.2, -0.15) is 0 Å². The van der Waals surface area contributed by atoms with Crippen LogP contribution in [-0.2, 0) is 19.2 Å². The molecule has 45 heavy (non-hydrogen) atoms. The quantitative estimate of drug-likeness (QED) is 0.134. The molecule has 14 heteroatoms. The molecule has 2 aromatic heterocycles. The summed E-state index contributed by atoms with van der Waals surface area (Å²) in [5.41, 5.74) is 2.49. The molecule has 0 radical (unpaired) electrons. The third kappa shape index (κ3) is 9.80. The Labute approximate surface area is 260 Å². The number of pyridine rings is 1. The molecule has 1 amide bonds. The Bertz CT molecular complexity index is 1450. The maximum atomic E-state index is 12.8. The van der Waals surface area contributed by atoms with E-state index in [-0.39, 0.29) is 17.9 Å². The number of nitrogens with zero attached hydrogens (tertiary/aromatic N) is 3. The van der Waals surface area contributed by atoms with Gasteiger partial charge in [0.1, 0.15) is 11.6 Å².